The number of pyridine rings is 1. The van der Waals surface area contributed by atoms with Gasteiger partial charge in [0.2, 0.25) is 0 Å². The van der Waals surface area contributed by atoms with E-state index in [1.807, 2.05) is 24.7 Å². The highest BCUT2D eigenvalue weighted by Crippen LogP contribution is 2.23. The average Bonchev–Trinajstić information content (AvgIpc) is 2.66. The summed E-state index contributed by atoms with van der Waals surface area (Å²) < 4.78 is 1.82. The van der Waals surface area contributed by atoms with Crippen LogP contribution in [-0.4, -0.2) is 21.3 Å². The zero-order valence-corrected chi connectivity index (χ0v) is 14.1. The van der Waals surface area contributed by atoms with Crippen molar-refractivity contribution in [3.8, 4) is 5.82 Å². The standard InChI is InChI=1S/C16H23ClN4/c1-10(2)7-18-8-14-6-11(3)16(19-9-14)21-13(5)15(17)12(4)20-21/h6,9-10,18H,7-8H2,1-5H3. The van der Waals surface area contributed by atoms with E-state index in [2.05, 4.69) is 42.2 Å². The third-order valence-corrected chi connectivity index (χ3v) is 3.94. The van der Waals surface area contributed by atoms with Crippen LogP contribution < -0.4 is 5.32 Å². The molecule has 0 aromatic carbocycles. The molecule has 2 heterocycles. The smallest absolute Gasteiger partial charge is 0.156 e. The van der Waals surface area contributed by atoms with Gasteiger partial charge < -0.3 is 5.32 Å². The van der Waals surface area contributed by atoms with Crippen LogP contribution in [0.25, 0.3) is 5.82 Å². The molecule has 0 fully saturated rings. The van der Waals surface area contributed by atoms with E-state index in [0.717, 1.165) is 35.9 Å². The predicted molar refractivity (Wildman–Crippen MR) is 87.1 cm³/mol. The first-order valence-corrected chi connectivity index (χ1v) is 7.66. The maximum absolute atomic E-state index is 6.21. The van der Waals surface area contributed by atoms with Crippen LogP contribution >= 0.6 is 11.6 Å². The van der Waals surface area contributed by atoms with Crippen LogP contribution in [0.2, 0.25) is 5.02 Å². The maximum atomic E-state index is 6.21. The van der Waals surface area contributed by atoms with E-state index in [1.54, 1.807) is 0 Å². The molecule has 0 aliphatic rings. The number of nitrogens with one attached hydrogen (secondary N) is 1. The molecule has 114 valence electrons. The van der Waals surface area contributed by atoms with Gasteiger partial charge in [-0.05, 0) is 50.4 Å². The fourth-order valence-electron chi connectivity index (χ4n) is 2.28. The highest BCUT2D eigenvalue weighted by Gasteiger charge is 2.13. The van der Waals surface area contributed by atoms with Crippen LogP contribution in [0, 0.1) is 26.7 Å². The molecule has 0 bridgehead atoms. The van der Waals surface area contributed by atoms with Gasteiger partial charge in [-0.15, -0.1) is 0 Å². The quantitative estimate of drug-likeness (QED) is 0.918. The van der Waals surface area contributed by atoms with Crippen LogP contribution in [0.4, 0.5) is 0 Å². The minimum absolute atomic E-state index is 0.648. The number of aromatic nitrogens is 3. The van der Waals surface area contributed by atoms with E-state index >= 15 is 0 Å². The van der Waals surface area contributed by atoms with E-state index in [4.69, 9.17) is 11.6 Å². The number of aryl methyl sites for hydroxylation is 2. The van der Waals surface area contributed by atoms with Gasteiger partial charge in [0.25, 0.3) is 0 Å². The van der Waals surface area contributed by atoms with Gasteiger partial charge >= 0.3 is 0 Å². The monoisotopic (exact) mass is 306 g/mol. The Morgan fingerprint density at radius 2 is 2.00 bits per heavy atom. The molecule has 2 aromatic heterocycles. The lowest BCUT2D eigenvalue weighted by molar-refractivity contribution is 0.551. The van der Waals surface area contributed by atoms with E-state index in [9.17, 15) is 0 Å². The van der Waals surface area contributed by atoms with Gasteiger partial charge in [-0.2, -0.15) is 5.10 Å². The molecule has 2 rings (SSSR count). The number of halogens is 1. The van der Waals surface area contributed by atoms with Crippen molar-refractivity contribution in [2.24, 2.45) is 5.92 Å². The first-order chi connectivity index (χ1) is 9.90. The summed E-state index contributed by atoms with van der Waals surface area (Å²) in [4.78, 5) is 4.56. The Hall–Kier alpha value is -1.39. The van der Waals surface area contributed by atoms with Crippen molar-refractivity contribution in [3.05, 3.63) is 39.8 Å². The normalized spacial score (nSPS) is 11.4. The van der Waals surface area contributed by atoms with Gasteiger partial charge in [-0.25, -0.2) is 9.67 Å². The molecule has 0 saturated carbocycles. The Bertz CT molecular complexity index is 631. The lowest BCUT2D eigenvalue weighted by atomic mass is 10.2. The van der Waals surface area contributed by atoms with Crippen molar-refractivity contribution in [1.82, 2.24) is 20.1 Å². The van der Waals surface area contributed by atoms with E-state index in [-0.39, 0.29) is 0 Å². The first-order valence-electron chi connectivity index (χ1n) is 7.28. The van der Waals surface area contributed by atoms with Gasteiger partial charge in [0, 0.05) is 12.7 Å². The molecule has 0 unspecified atom stereocenters. The van der Waals surface area contributed by atoms with Crippen LogP contribution in [0.15, 0.2) is 12.3 Å². The fraction of sp³-hybridized carbons (Fsp3) is 0.500. The molecule has 0 saturated heterocycles. The molecule has 1 N–H and O–H groups in total. The van der Waals surface area contributed by atoms with Gasteiger partial charge in [-0.1, -0.05) is 25.4 Å². The Kier molecular flexibility index (Phi) is 5.01. The van der Waals surface area contributed by atoms with Crippen LogP contribution in [-0.2, 0) is 6.54 Å². The summed E-state index contributed by atoms with van der Waals surface area (Å²) in [5, 5.41) is 8.60. The SMILES string of the molecule is Cc1cc(CNCC(C)C)cnc1-n1nc(C)c(Cl)c1C. The predicted octanol–water partition coefficient (Wildman–Crippen LogP) is 3.59. The van der Waals surface area contributed by atoms with Crippen molar-refractivity contribution >= 4 is 11.6 Å². The highest BCUT2D eigenvalue weighted by molar-refractivity contribution is 6.31. The molecule has 0 amide bonds. The summed E-state index contributed by atoms with van der Waals surface area (Å²) in [5.41, 5.74) is 4.04. The van der Waals surface area contributed by atoms with Crippen molar-refractivity contribution in [3.63, 3.8) is 0 Å². The molecular weight excluding hydrogens is 284 g/mol. The Labute approximate surface area is 131 Å². The summed E-state index contributed by atoms with van der Waals surface area (Å²) in [6.45, 7) is 12.2. The molecule has 4 nitrogen and oxygen atoms in total. The average molecular weight is 307 g/mol. The Morgan fingerprint density at radius 3 is 2.52 bits per heavy atom. The summed E-state index contributed by atoms with van der Waals surface area (Å²) >= 11 is 6.21. The number of hydrogen-bond donors (Lipinski definition) is 1. The largest absolute Gasteiger partial charge is 0.312 e. The van der Waals surface area contributed by atoms with Crippen molar-refractivity contribution in [2.45, 2.75) is 41.2 Å². The van der Waals surface area contributed by atoms with E-state index in [1.165, 1.54) is 5.56 Å². The summed E-state index contributed by atoms with van der Waals surface area (Å²) in [6.07, 6.45) is 1.90. The molecule has 2 aromatic rings. The van der Waals surface area contributed by atoms with Crippen molar-refractivity contribution in [2.75, 3.05) is 6.54 Å². The van der Waals surface area contributed by atoms with Gasteiger partial charge in [0.15, 0.2) is 5.82 Å². The second kappa shape index (κ2) is 6.58. The zero-order valence-electron chi connectivity index (χ0n) is 13.4. The van der Waals surface area contributed by atoms with Crippen molar-refractivity contribution < 1.29 is 0 Å². The molecule has 5 heteroatoms. The molecule has 0 atom stereocenters. The molecule has 0 spiro atoms. The molecule has 0 radical (unpaired) electrons. The Balaban J connectivity index is 2.21. The number of hydrogen-bond acceptors (Lipinski definition) is 3. The summed E-state index contributed by atoms with van der Waals surface area (Å²) in [5.74, 6) is 1.49. The molecular formula is C16H23ClN4. The lowest BCUT2D eigenvalue weighted by Gasteiger charge is -2.11. The third kappa shape index (κ3) is 3.63. The number of nitrogens with zero attached hydrogens (tertiary/aromatic N) is 3. The zero-order chi connectivity index (χ0) is 15.6. The maximum Gasteiger partial charge on any atom is 0.156 e. The highest BCUT2D eigenvalue weighted by atomic mass is 35.5. The molecule has 0 aliphatic carbocycles. The van der Waals surface area contributed by atoms with Crippen LogP contribution in [0.3, 0.4) is 0 Å². The second-order valence-corrected chi connectivity index (χ2v) is 6.28. The third-order valence-electron chi connectivity index (χ3n) is 3.39. The second-order valence-electron chi connectivity index (χ2n) is 5.91. The number of rotatable bonds is 5. The topological polar surface area (TPSA) is 42.7 Å². The molecule has 0 aliphatic heterocycles. The minimum atomic E-state index is 0.648. The Morgan fingerprint density at radius 1 is 1.29 bits per heavy atom. The summed E-state index contributed by atoms with van der Waals surface area (Å²) in [7, 11) is 0. The molecule has 21 heavy (non-hydrogen) atoms. The first kappa shape index (κ1) is 16.0. The fourth-order valence-corrected chi connectivity index (χ4v) is 2.40. The van der Waals surface area contributed by atoms with Crippen LogP contribution in [0.1, 0.15) is 36.4 Å². The van der Waals surface area contributed by atoms with E-state index < -0.39 is 0 Å². The van der Waals surface area contributed by atoms with Crippen LogP contribution in [0.5, 0.6) is 0 Å². The van der Waals surface area contributed by atoms with E-state index in [0.29, 0.717) is 10.9 Å². The van der Waals surface area contributed by atoms with Gasteiger partial charge in [-0.3, -0.25) is 0 Å². The van der Waals surface area contributed by atoms with Gasteiger partial charge in [0.1, 0.15) is 0 Å². The van der Waals surface area contributed by atoms with Crippen molar-refractivity contribution in [1.29, 1.82) is 0 Å². The lowest BCUT2D eigenvalue weighted by Crippen LogP contribution is -2.19. The summed E-state index contributed by atoms with van der Waals surface area (Å²) in [6, 6.07) is 2.15. The minimum Gasteiger partial charge on any atom is -0.312 e. The van der Waals surface area contributed by atoms with Gasteiger partial charge in [0.05, 0.1) is 16.4 Å².